The van der Waals surface area contributed by atoms with Gasteiger partial charge in [0.2, 0.25) is 11.8 Å². The number of likely N-dealkylation sites (tertiary alicyclic amines) is 1. The molecule has 1 saturated heterocycles. The quantitative estimate of drug-likeness (QED) is 0.641. The van der Waals surface area contributed by atoms with E-state index in [0.717, 1.165) is 27.2 Å². The highest BCUT2D eigenvalue weighted by molar-refractivity contribution is 6.02. The van der Waals surface area contributed by atoms with Crippen molar-refractivity contribution >= 4 is 18.3 Å². The number of benzene rings is 2. The van der Waals surface area contributed by atoms with Crippen molar-refractivity contribution in [3.63, 3.8) is 0 Å². The van der Waals surface area contributed by atoms with E-state index in [1.807, 2.05) is 48.5 Å². The average Bonchev–Trinajstić information content (AvgIpc) is 3.11. The Balaban J connectivity index is 1.88. The maximum atomic E-state index is 12.2. The van der Waals surface area contributed by atoms with Gasteiger partial charge in [0.1, 0.15) is 0 Å². The molecule has 2 amide bonds. The average molecular weight is 321 g/mol. The lowest BCUT2D eigenvalue weighted by atomic mass is 9.94. The van der Waals surface area contributed by atoms with Crippen LogP contribution in [0.5, 0.6) is 0 Å². The molecule has 24 heavy (non-hydrogen) atoms. The molecule has 0 aromatic heterocycles. The molecule has 0 spiro atoms. The molecule has 4 rings (SSSR count). The fourth-order valence-corrected chi connectivity index (χ4v) is 3.72. The molecule has 1 fully saturated rings. The highest BCUT2D eigenvalue weighted by atomic mass is 16.5. The van der Waals surface area contributed by atoms with Crippen molar-refractivity contribution in [2.75, 3.05) is 0 Å². The van der Waals surface area contributed by atoms with E-state index in [4.69, 9.17) is 4.74 Å². The Morgan fingerprint density at radius 3 is 1.92 bits per heavy atom. The van der Waals surface area contributed by atoms with Gasteiger partial charge in [-0.3, -0.25) is 14.4 Å². The Hall–Kier alpha value is -2.95. The molecule has 0 N–H and O–H groups in total. The van der Waals surface area contributed by atoms with Gasteiger partial charge in [0, 0.05) is 12.8 Å². The van der Waals surface area contributed by atoms with Crippen molar-refractivity contribution < 1.29 is 19.1 Å². The molecular formula is C19H15NO4. The SMILES string of the molecule is O=COC(C1c2ccccc2-c2ccccc21)N1C(=O)CCC1=O. The normalized spacial score (nSPS) is 17.6. The molecule has 120 valence electrons. The molecule has 5 nitrogen and oxygen atoms in total. The Labute approximate surface area is 138 Å². The second-order valence-corrected chi connectivity index (χ2v) is 5.93. The summed E-state index contributed by atoms with van der Waals surface area (Å²) in [5.41, 5.74) is 3.99. The topological polar surface area (TPSA) is 63.7 Å². The van der Waals surface area contributed by atoms with Gasteiger partial charge in [-0.1, -0.05) is 48.5 Å². The summed E-state index contributed by atoms with van der Waals surface area (Å²) in [6.45, 7) is 0.313. The molecule has 2 aromatic carbocycles. The summed E-state index contributed by atoms with van der Waals surface area (Å²) in [7, 11) is 0. The first-order chi connectivity index (χ1) is 11.7. The Bertz CT molecular complexity index is 783. The summed E-state index contributed by atoms with van der Waals surface area (Å²) in [6, 6.07) is 15.6. The maximum absolute atomic E-state index is 12.2. The number of hydrogen-bond acceptors (Lipinski definition) is 4. The first kappa shape index (κ1) is 14.6. The first-order valence-corrected chi connectivity index (χ1v) is 7.84. The third-order valence-electron chi connectivity index (χ3n) is 4.71. The van der Waals surface area contributed by atoms with Gasteiger partial charge in [0.15, 0.2) is 6.23 Å². The lowest BCUT2D eigenvalue weighted by Gasteiger charge is -2.30. The summed E-state index contributed by atoms with van der Waals surface area (Å²) in [4.78, 5) is 36.6. The van der Waals surface area contributed by atoms with E-state index in [1.165, 1.54) is 0 Å². The van der Waals surface area contributed by atoms with Gasteiger partial charge in [-0.25, -0.2) is 4.90 Å². The van der Waals surface area contributed by atoms with E-state index in [-0.39, 0.29) is 30.6 Å². The number of hydrogen-bond donors (Lipinski definition) is 0. The van der Waals surface area contributed by atoms with Gasteiger partial charge in [-0.05, 0) is 22.3 Å². The Kier molecular flexibility index (Phi) is 3.41. The van der Waals surface area contributed by atoms with E-state index in [0.29, 0.717) is 6.47 Å². The molecule has 2 aromatic rings. The number of fused-ring (bicyclic) bond motifs is 3. The summed E-state index contributed by atoms with van der Waals surface area (Å²) in [5.74, 6) is -0.962. The van der Waals surface area contributed by atoms with Crippen LogP contribution in [-0.4, -0.2) is 29.4 Å². The van der Waals surface area contributed by atoms with Gasteiger partial charge in [0.25, 0.3) is 6.47 Å². The number of amides is 2. The van der Waals surface area contributed by atoms with Crippen molar-refractivity contribution in [3.8, 4) is 11.1 Å². The maximum Gasteiger partial charge on any atom is 0.295 e. The van der Waals surface area contributed by atoms with Gasteiger partial charge >= 0.3 is 0 Å². The second-order valence-electron chi connectivity index (χ2n) is 5.93. The minimum atomic E-state index is -0.949. The van der Waals surface area contributed by atoms with Crippen LogP contribution in [0.25, 0.3) is 11.1 Å². The monoisotopic (exact) mass is 321 g/mol. The van der Waals surface area contributed by atoms with Gasteiger partial charge < -0.3 is 4.74 Å². The minimum absolute atomic E-state index is 0.160. The standard InChI is InChI=1S/C19H15NO4/c21-11-24-19(20-16(22)9-10-17(20)23)18-14-7-3-1-5-12(14)13-6-2-4-8-15(13)18/h1-8,11,18-19H,9-10H2. The van der Waals surface area contributed by atoms with E-state index in [9.17, 15) is 14.4 Å². The Morgan fingerprint density at radius 1 is 0.917 bits per heavy atom. The number of rotatable bonds is 4. The number of ether oxygens (including phenoxy) is 1. The van der Waals surface area contributed by atoms with Gasteiger partial charge in [-0.15, -0.1) is 0 Å². The molecule has 1 heterocycles. The van der Waals surface area contributed by atoms with Crippen LogP contribution in [0.1, 0.15) is 29.9 Å². The van der Waals surface area contributed by atoms with Crippen LogP contribution in [0, 0.1) is 0 Å². The smallest absolute Gasteiger partial charge is 0.295 e. The minimum Gasteiger partial charge on any atom is -0.442 e. The zero-order valence-electron chi connectivity index (χ0n) is 12.8. The lowest BCUT2D eigenvalue weighted by molar-refractivity contribution is -0.160. The van der Waals surface area contributed by atoms with Crippen LogP contribution in [0.3, 0.4) is 0 Å². The van der Waals surface area contributed by atoms with Crippen LogP contribution in [0.2, 0.25) is 0 Å². The van der Waals surface area contributed by atoms with Crippen LogP contribution in [0.4, 0.5) is 0 Å². The fourth-order valence-electron chi connectivity index (χ4n) is 3.72. The van der Waals surface area contributed by atoms with Crippen LogP contribution in [0.15, 0.2) is 48.5 Å². The third kappa shape index (κ3) is 2.05. The largest absolute Gasteiger partial charge is 0.442 e. The zero-order valence-corrected chi connectivity index (χ0v) is 12.8. The van der Waals surface area contributed by atoms with Crippen molar-refractivity contribution in [2.45, 2.75) is 25.0 Å². The Morgan fingerprint density at radius 2 is 1.42 bits per heavy atom. The summed E-state index contributed by atoms with van der Waals surface area (Å²) >= 11 is 0. The molecule has 2 aliphatic rings. The lowest BCUT2D eigenvalue weighted by Crippen LogP contribution is -2.44. The van der Waals surface area contributed by atoms with E-state index >= 15 is 0 Å². The van der Waals surface area contributed by atoms with Gasteiger partial charge in [-0.2, -0.15) is 0 Å². The summed E-state index contributed by atoms with van der Waals surface area (Å²) < 4.78 is 5.27. The highest BCUT2D eigenvalue weighted by Gasteiger charge is 2.44. The number of carbonyl (C=O) groups excluding carboxylic acids is 3. The van der Waals surface area contributed by atoms with Gasteiger partial charge in [0.05, 0.1) is 5.92 Å². The molecule has 1 atom stereocenters. The van der Waals surface area contributed by atoms with Crippen molar-refractivity contribution in [1.82, 2.24) is 4.90 Å². The van der Waals surface area contributed by atoms with Crippen LogP contribution < -0.4 is 0 Å². The van der Waals surface area contributed by atoms with Crippen molar-refractivity contribution in [2.24, 2.45) is 0 Å². The summed E-state index contributed by atoms with van der Waals surface area (Å²) in [5, 5.41) is 0. The fraction of sp³-hybridized carbons (Fsp3) is 0.211. The summed E-state index contributed by atoms with van der Waals surface area (Å²) in [6.07, 6.45) is -0.629. The molecule has 0 radical (unpaired) electrons. The van der Waals surface area contributed by atoms with Crippen LogP contribution >= 0.6 is 0 Å². The predicted octanol–water partition coefficient (Wildman–Crippen LogP) is 2.45. The van der Waals surface area contributed by atoms with E-state index in [2.05, 4.69) is 0 Å². The molecule has 0 bridgehead atoms. The van der Waals surface area contributed by atoms with Crippen molar-refractivity contribution in [1.29, 1.82) is 0 Å². The predicted molar refractivity (Wildman–Crippen MR) is 85.7 cm³/mol. The molecule has 1 aliphatic heterocycles. The molecule has 1 aliphatic carbocycles. The number of nitrogens with zero attached hydrogens (tertiary/aromatic N) is 1. The van der Waals surface area contributed by atoms with E-state index < -0.39 is 6.23 Å². The van der Waals surface area contributed by atoms with E-state index in [1.54, 1.807) is 0 Å². The second kappa shape index (κ2) is 5.60. The van der Waals surface area contributed by atoms with Crippen LogP contribution in [-0.2, 0) is 19.1 Å². The highest BCUT2D eigenvalue weighted by Crippen LogP contribution is 2.47. The molecule has 1 unspecified atom stereocenters. The molecular weight excluding hydrogens is 306 g/mol. The molecule has 0 saturated carbocycles. The third-order valence-corrected chi connectivity index (χ3v) is 4.71. The number of carbonyl (C=O) groups is 3. The number of imide groups is 1. The molecule has 5 heteroatoms. The van der Waals surface area contributed by atoms with Crippen molar-refractivity contribution in [3.05, 3.63) is 59.7 Å². The first-order valence-electron chi connectivity index (χ1n) is 7.84. The zero-order chi connectivity index (χ0) is 16.7.